The van der Waals surface area contributed by atoms with E-state index in [9.17, 15) is 19.1 Å². The van der Waals surface area contributed by atoms with Gasteiger partial charge >= 0.3 is 5.97 Å². The number of aromatic hydroxyl groups is 1. The lowest BCUT2D eigenvalue weighted by Gasteiger charge is -2.17. The molecule has 4 rings (SSSR count). The van der Waals surface area contributed by atoms with E-state index in [1.54, 1.807) is 37.3 Å². The highest BCUT2D eigenvalue weighted by molar-refractivity contribution is 5.74. The molecule has 0 radical (unpaired) electrons. The number of hydrogen-bond acceptors (Lipinski definition) is 5. The van der Waals surface area contributed by atoms with Gasteiger partial charge in [0.1, 0.15) is 11.6 Å². The van der Waals surface area contributed by atoms with Crippen molar-refractivity contribution in [3.63, 3.8) is 0 Å². The Bertz CT molecular complexity index is 1460. The Labute approximate surface area is 208 Å². The molecule has 0 atom stereocenters. The predicted octanol–water partition coefficient (Wildman–Crippen LogP) is 4.61. The highest BCUT2D eigenvalue weighted by Gasteiger charge is 2.19. The van der Waals surface area contributed by atoms with Crippen LogP contribution in [0.15, 0.2) is 77.6 Å². The van der Waals surface area contributed by atoms with Gasteiger partial charge in [0.2, 0.25) is 0 Å². The number of hydrogen-bond donors (Lipinski definition) is 1. The molecule has 1 heterocycles. The number of phenolic OH excluding ortho intramolecular Hbond substituents is 1. The molecule has 7 heteroatoms. The first-order valence-corrected chi connectivity index (χ1v) is 11.6. The second kappa shape index (κ2) is 11.0. The summed E-state index contributed by atoms with van der Waals surface area (Å²) in [6.07, 6.45) is 0.931. The van der Waals surface area contributed by atoms with E-state index in [1.807, 2.05) is 30.3 Å². The van der Waals surface area contributed by atoms with Crippen molar-refractivity contribution < 1.29 is 19.0 Å². The van der Waals surface area contributed by atoms with E-state index in [1.165, 1.54) is 23.9 Å². The van der Waals surface area contributed by atoms with Gasteiger partial charge in [-0.05, 0) is 54.7 Å². The van der Waals surface area contributed by atoms with Crippen LogP contribution < -0.4 is 5.56 Å². The lowest BCUT2D eigenvalue weighted by molar-refractivity contribution is -0.139. The third kappa shape index (κ3) is 5.68. The number of aromatic nitrogens is 2. The van der Waals surface area contributed by atoms with Crippen LogP contribution in [0.2, 0.25) is 0 Å². The van der Waals surface area contributed by atoms with Crippen molar-refractivity contribution >= 4 is 5.97 Å². The third-order valence-corrected chi connectivity index (χ3v) is 6.05. The minimum Gasteiger partial charge on any atom is -0.507 e. The number of para-hydroxylation sites is 1. The molecule has 0 aliphatic carbocycles. The fraction of sp³-hybridized carbons (Fsp3) is 0.207. The second-order valence-corrected chi connectivity index (χ2v) is 8.62. The largest absolute Gasteiger partial charge is 0.507 e. The number of carbonyl (C=O) groups excluding carboxylic acids is 1. The second-order valence-electron chi connectivity index (χ2n) is 8.62. The molecule has 0 fully saturated rings. The predicted molar refractivity (Wildman–Crippen MR) is 135 cm³/mol. The summed E-state index contributed by atoms with van der Waals surface area (Å²) < 4.78 is 19.9. The van der Waals surface area contributed by atoms with E-state index in [0.29, 0.717) is 35.2 Å². The molecule has 0 aliphatic heterocycles. The van der Waals surface area contributed by atoms with Crippen LogP contribution in [-0.2, 0) is 35.3 Å². The molecule has 0 unspecified atom stereocenters. The van der Waals surface area contributed by atoms with Crippen molar-refractivity contribution in [2.75, 3.05) is 7.11 Å². The average molecular weight is 487 g/mol. The Morgan fingerprint density at radius 2 is 1.69 bits per heavy atom. The van der Waals surface area contributed by atoms with Crippen molar-refractivity contribution in [3.05, 3.63) is 117 Å². The van der Waals surface area contributed by atoms with E-state index in [4.69, 9.17) is 4.74 Å². The maximum Gasteiger partial charge on any atom is 0.309 e. The number of nitrogens with zero attached hydrogens (tertiary/aromatic N) is 2. The zero-order chi connectivity index (χ0) is 25.7. The monoisotopic (exact) mass is 486 g/mol. The van der Waals surface area contributed by atoms with Gasteiger partial charge in [0, 0.05) is 16.7 Å². The van der Waals surface area contributed by atoms with E-state index in [2.05, 4.69) is 5.10 Å². The molecule has 0 bridgehead atoms. The molecule has 4 aromatic rings. The standard InChI is InChI=1S/C29H27FN2O4/c1-19-28(24-11-3-4-12-26(24)33)25(14-13-20-7-6-10-23(30)16-20)29(35)32(31-19)18-22-9-5-8-21(15-22)17-27(34)36-2/h3-12,15-16,33H,13-14,17-18H2,1-2H3. The first-order valence-electron chi connectivity index (χ1n) is 11.6. The lowest BCUT2D eigenvalue weighted by atomic mass is 9.94. The summed E-state index contributed by atoms with van der Waals surface area (Å²) in [6.45, 7) is 2.01. The van der Waals surface area contributed by atoms with Crippen molar-refractivity contribution in [1.82, 2.24) is 9.78 Å². The third-order valence-electron chi connectivity index (χ3n) is 6.05. The minimum absolute atomic E-state index is 0.0575. The number of carbonyl (C=O) groups is 1. The first-order chi connectivity index (χ1) is 17.4. The fourth-order valence-electron chi connectivity index (χ4n) is 4.35. The molecule has 3 aromatic carbocycles. The summed E-state index contributed by atoms with van der Waals surface area (Å²) in [7, 11) is 1.34. The van der Waals surface area contributed by atoms with Crippen LogP contribution in [0.1, 0.15) is 27.9 Å². The molecule has 0 amide bonds. The van der Waals surface area contributed by atoms with Gasteiger partial charge in [0.05, 0.1) is 25.8 Å². The smallest absolute Gasteiger partial charge is 0.309 e. The molecule has 36 heavy (non-hydrogen) atoms. The molecule has 1 aromatic heterocycles. The van der Waals surface area contributed by atoms with Gasteiger partial charge in [-0.3, -0.25) is 9.59 Å². The van der Waals surface area contributed by atoms with Gasteiger partial charge in [-0.15, -0.1) is 0 Å². The van der Waals surface area contributed by atoms with Gasteiger partial charge in [-0.25, -0.2) is 9.07 Å². The summed E-state index contributed by atoms with van der Waals surface area (Å²) in [4.78, 5) is 25.4. The summed E-state index contributed by atoms with van der Waals surface area (Å²) in [5, 5.41) is 15.1. The molecular weight excluding hydrogens is 459 g/mol. The Morgan fingerprint density at radius 3 is 2.44 bits per heavy atom. The number of benzene rings is 3. The van der Waals surface area contributed by atoms with Crippen molar-refractivity contribution in [1.29, 1.82) is 0 Å². The zero-order valence-electron chi connectivity index (χ0n) is 20.2. The van der Waals surface area contributed by atoms with E-state index in [0.717, 1.165) is 16.7 Å². The minimum atomic E-state index is -0.343. The number of phenols is 1. The number of ether oxygens (including phenoxy) is 1. The molecule has 6 nitrogen and oxygen atoms in total. The number of esters is 1. The maximum atomic E-state index is 13.7. The highest BCUT2D eigenvalue weighted by Crippen LogP contribution is 2.32. The normalized spacial score (nSPS) is 10.9. The van der Waals surface area contributed by atoms with Crippen LogP contribution in [-0.4, -0.2) is 28.0 Å². The van der Waals surface area contributed by atoms with E-state index >= 15 is 0 Å². The summed E-state index contributed by atoms with van der Waals surface area (Å²) in [6, 6.07) is 20.5. The summed E-state index contributed by atoms with van der Waals surface area (Å²) in [5.41, 5.74) is 4.29. The fourth-order valence-corrected chi connectivity index (χ4v) is 4.35. The van der Waals surface area contributed by atoms with Crippen LogP contribution in [0, 0.1) is 12.7 Å². The van der Waals surface area contributed by atoms with Gasteiger partial charge < -0.3 is 9.84 Å². The molecule has 0 saturated carbocycles. The van der Waals surface area contributed by atoms with Crippen molar-refractivity contribution in [2.45, 2.75) is 32.7 Å². The average Bonchev–Trinajstić information content (AvgIpc) is 2.86. The van der Waals surface area contributed by atoms with Crippen molar-refractivity contribution in [2.24, 2.45) is 0 Å². The number of halogens is 1. The van der Waals surface area contributed by atoms with Crippen LogP contribution in [0.5, 0.6) is 5.75 Å². The molecule has 184 valence electrons. The van der Waals surface area contributed by atoms with E-state index < -0.39 is 0 Å². The SMILES string of the molecule is COC(=O)Cc1cccc(Cn2nc(C)c(-c3ccccc3O)c(CCc3cccc(F)c3)c2=O)c1. The van der Waals surface area contributed by atoms with E-state index in [-0.39, 0.29) is 36.1 Å². The summed E-state index contributed by atoms with van der Waals surface area (Å²) in [5.74, 6) is -0.615. The molecule has 0 spiro atoms. The van der Waals surface area contributed by atoms with Gasteiger partial charge in [0.25, 0.3) is 5.56 Å². The molecule has 0 saturated heterocycles. The van der Waals surface area contributed by atoms with Crippen LogP contribution in [0.25, 0.3) is 11.1 Å². The number of rotatable bonds is 8. The van der Waals surface area contributed by atoms with Crippen molar-refractivity contribution in [3.8, 4) is 16.9 Å². The lowest BCUT2D eigenvalue weighted by Crippen LogP contribution is -2.29. The Hall–Kier alpha value is -4.26. The first kappa shape index (κ1) is 24.9. The van der Waals surface area contributed by atoms with Gasteiger partial charge in [-0.2, -0.15) is 5.10 Å². The Kier molecular flexibility index (Phi) is 7.59. The Balaban J connectivity index is 1.75. The maximum absolute atomic E-state index is 13.7. The molecular formula is C29H27FN2O4. The molecule has 0 aliphatic rings. The number of aryl methyl sites for hydroxylation is 2. The quantitative estimate of drug-likeness (QED) is 0.368. The van der Waals surface area contributed by atoms with Crippen LogP contribution in [0.4, 0.5) is 4.39 Å². The van der Waals surface area contributed by atoms with Crippen LogP contribution >= 0.6 is 0 Å². The van der Waals surface area contributed by atoms with Crippen LogP contribution in [0.3, 0.4) is 0 Å². The highest BCUT2D eigenvalue weighted by atomic mass is 19.1. The van der Waals surface area contributed by atoms with Gasteiger partial charge in [-0.1, -0.05) is 54.6 Å². The van der Waals surface area contributed by atoms with Gasteiger partial charge in [0.15, 0.2) is 0 Å². The Morgan fingerprint density at radius 1 is 0.972 bits per heavy atom. The zero-order valence-corrected chi connectivity index (χ0v) is 20.2. The topological polar surface area (TPSA) is 81.4 Å². The molecule has 1 N–H and O–H groups in total. The number of methoxy groups -OCH3 is 1. The summed E-state index contributed by atoms with van der Waals surface area (Å²) >= 11 is 0.